The molecule has 1 fully saturated rings. The third kappa shape index (κ3) is 4.70. The maximum absolute atomic E-state index is 12.5. The van der Waals surface area contributed by atoms with E-state index < -0.39 is 0 Å². The van der Waals surface area contributed by atoms with Crippen LogP contribution in [0.5, 0.6) is 5.75 Å². The van der Waals surface area contributed by atoms with Gasteiger partial charge in [-0.1, -0.05) is 39.0 Å². The van der Waals surface area contributed by atoms with E-state index in [-0.39, 0.29) is 30.1 Å². The van der Waals surface area contributed by atoms with Crippen molar-refractivity contribution >= 4 is 23.4 Å². The van der Waals surface area contributed by atoms with E-state index in [0.29, 0.717) is 30.3 Å². The van der Waals surface area contributed by atoms with Crippen molar-refractivity contribution < 1.29 is 19.1 Å². The number of anilines is 1. The second-order valence-corrected chi connectivity index (χ2v) is 8.02. The fourth-order valence-corrected chi connectivity index (χ4v) is 3.51. The summed E-state index contributed by atoms with van der Waals surface area (Å²) in [6.07, 6.45) is 0.198. The molecule has 2 aromatic carbocycles. The predicted octanol–water partition coefficient (Wildman–Crippen LogP) is 3.83. The summed E-state index contributed by atoms with van der Waals surface area (Å²) in [6.45, 7) is 8.66. The molecule has 2 aromatic rings. The number of carbonyl (C=O) groups excluding carboxylic acids is 3. The van der Waals surface area contributed by atoms with Crippen molar-refractivity contribution in [1.82, 2.24) is 5.32 Å². The number of aryl methyl sites for hydroxylation is 1. The summed E-state index contributed by atoms with van der Waals surface area (Å²) in [4.78, 5) is 38.0. The molecule has 0 aliphatic carbocycles. The van der Waals surface area contributed by atoms with Gasteiger partial charge >= 0.3 is 0 Å². The molecule has 3 rings (SSSR count). The van der Waals surface area contributed by atoms with Crippen LogP contribution in [0, 0.1) is 12.8 Å². The van der Waals surface area contributed by atoms with Crippen LogP contribution in [0.2, 0.25) is 0 Å². The number of nitrogens with one attached hydrogen (secondary N) is 1. The fourth-order valence-electron chi connectivity index (χ4n) is 3.51. The van der Waals surface area contributed by atoms with Gasteiger partial charge in [0.1, 0.15) is 12.4 Å². The maximum Gasteiger partial charge on any atom is 0.251 e. The molecule has 0 saturated carbocycles. The van der Waals surface area contributed by atoms with Crippen molar-refractivity contribution in [2.75, 3.05) is 18.1 Å². The molecule has 0 spiro atoms. The molecule has 0 bridgehead atoms. The highest BCUT2D eigenvalue weighted by Crippen LogP contribution is 2.28. The van der Waals surface area contributed by atoms with Crippen molar-refractivity contribution in [1.29, 1.82) is 0 Å². The third-order valence-electron chi connectivity index (χ3n) is 5.17. The lowest BCUT2D eigenvalue weighted by molar-refractivity contribution is -0.122. The van der Waals surface area contributed by atoms with Gasteiger partial charge in [-0.2, -0.15) is 0 Å². The largest absolute Gasteiger partial charge is 0.491 e. The van der Waals surface area contributed by atoms with Gasteiger partial charge in [0.05, 0.1) is 12.2 Å². The molecule has 1 N–H and O–H groups in total. The van der Waals surface area contributed by atoms with Gasteiger partial charge in [0.15, 0.2) is 0 Å². The van der Waals surface area contributed by atoms with E-state index >= 15 is 0 Å². The molecule has 3 amide bonds. The normalized spacial score (nSPS) is 16.3. The summed E-state index contributed by atoms with van der Waals surface area (Å²) in [5.41, 5.74) is 3.08. The monoisotopic (exact) mass is 408 g/mol. The topological polar surface area (TPSA) is 75.7 Å². The van der Waals surface area contributed by atoms with Crippen molar-refractivity contribution in [2.24, 2.45) is 5.92 Å². The number of carbonyl (C=O) groups is 3. The number of nitrogens with zero attached hydrogens (tertiary/aromatic N) is 1. The SMILES string of the molecule is Cc1ccc(C(C)C)c(OCCNC(=O)c2cccc(N3C(=O)CC(C)C3=O)c2)c1. The minimum atomic E-state index is -0.329. The second-order valence-electron chi connectivity index (χ2n) is 8.02. The molecule has 1 atom stereocenters. The molecule has 6 heteroatoms. The van der Waals surface area contributed by atoms with Crippen LogP contribution in [-0.2, 0) is 9.59 Å². The number of rotatable bonds is 7. The van der Waals surface area contributed by atoms with Crippen LogP contribution < -0.4 is 15.0 Å². The number of ether oxygens (including phenoxy) is 1. The first kappa shape index (κ1) is 21.6. The molecule has 1 unspecified atom stereocenters. The quantitative estimate of drug-likeness (QED) is 0.558. The molecule has 1 saturated heterocycles. The molecule has 158 valence electrons. The van der Waals surface area contributed by atoms with Gasteiger partial charge in [0.2, 0.25) is 11.8 Å². The van der Waals surface area contributed by atoms with Gasteiger partial charge in [-0.25, -0.2) is 0 Å². The molecule has 1 heterocycles. The molecule has 1 aliphatic rings. The predicted molar refractivity (Wildman–Crippen MR) is 116 cm³/mol. The maximum atomic E-state index is 12.5. The summed E-state index contributed by atoms with van der Waals surface area (Å²) < 4.78 is 5.90. The van der Waals surface area contributed by atoms with Gasteiger partial charge in [-0.15, -0.1) is 0 Å². The number of benzene rings is 2. The highest BCUT2D eigenvalue weighted by molar-refractivity contribution is 6.21. The molecule has 0 aromatic heterocycles. The van der Waals surface area contributed by atoms with Crippen LogP contribution in [0.25, 0.3) is 0 Å². The van der Waals surface area contributed by atoms with Crippen LogP contribution in [0.4, 0.5) is 5.69 Å². The van der Waals surface area contributed by atoms with Gasteiger partial charge in [-0.3, -0.25) is 19.3 Å². The van der Waals surface area contributed by atoms with Crippen LogP contribution in [0.3, 0.4) is 0 Å². The lowest BCUT2D eigenvalue weighted by Crippen LogP contribution is -2.31. The van der Waals surface area contributed by atoms with E-state index in [2.05, 4.69) is 31.3 Å². The van der Waals surface area contributed by atoms with Crippen LogP contribution in [0.15, 0.2) is 42.5 Å². The van der Waals surface area contributed by atoms with Crippen molar-refractivity contribution in [3.63, 3.8) is 0 Å². The lowest BCUT2D eigenvalue weighted by Gasteiger charge is -2.16. The minimum Gasteiger partial charge on any atom is -0.491 e. The number of imide groups is 1. The lowest BCUT2D eigenvalue weighted by atomic mass is 10.0. The standard InChI is InChI=1S/C24H28N2O4/c1-15(2)20-9-8-16(3)12-21(20)30-11-10-25-23(28)18-6-5-7-19(14-18)26-22(27)13-17(4)24(26)29/h5-9,12,14-15,17H,10-11,13H2,1-4H3,(H,25,28). The van der Waals surface area contributed by atoms with Crippen LogP contribution >= 0.6 is 0 Å². The zero-order valence-electron chi connectivity index (χ0n) is 17.9. The summed E-state index contributed by atoms with van der Waals surface area (Å²) >= 11 is 0. The molecule has 30 heavy (non-hydrogen) atoms. The van der Waals surface area contributed by atoms with E-state index in [1.807, 2.05) is 13.0 Å². The Hall–Kier alpha value is -3.15. The Labute approximate surface area is 177 Å². The van der Waals surface area contributed by atoms with Gasteiger partial charge in [-0.05, 0) is 48.2 Å². The van der Waals surface area contributed by atoms with E-state index in [1.54, 1.807) is 31.2 Å². The molecular weight excluding hydrogens is 380 g/mol. The number of hydrogen-bond acceptors (Lipinski definition) is 4. The van der Waals surface area contributed by atoms with Gasteiger partial charge < -0.3 is 10.1 Å². The first-order valence-electron chi connectivity index (χ1n) is 10.3. The second kappa shape index (κ2) is 9.11. The van der Waals surface area contributed by atoms with Crippen molar-refractivity contribution in [3.8, 4) is 5.75 Å². The minimum absolute atomic E-state index is 0.198. The Bertz CT molecular complexity index is 967. The Morgan fingerprint density at radius 3 is 2.63 bits per heavy atom. The molecular formula is C24H28N2O4. The number of amides is 3. The van der Waals surface area contributed by atoms with E-state index in [0.717, 1.165) is 21.8 Å². The number of hydrogen-bond donors (Lipinski definition) is 1. The zero-order valence-corrected chi connectivity index (χ0v) is 17.9. The molecule has 6 nitrogen and oxygen atoms in total. The Kier molecular flexibility index (Phi) is 6.55. The summed E-state index contributed by atoms with van der Waals surface area (Å²) in [7, 11) is 0. The summed E-state index contributed by atoms with van der Waals surface area (Å²) in [6, 6.07) is 12.7. The van der Waals surface area contributed by atoms with E-state index in [9.17, 15) is 14.4 Å². The molecule has 1 aliphatic heterocycles. The highest BCUT2D eigenvalue weighted by Gasteiger charge is 2.36. The van der Waals surface area contributed by atoms with Gasteiger partial charge in [0, 0.05) is 17.9 Å². The Morgan fingerprint density at radius 2 is 1.97 bits per heavy atom. The zero-order chi connectivity index (χ0) is 21.8. The van der Waals surface area contributed by atoms with Gasteiger partial charge in [0.25, 0.3) is 5.91 Å². The Morgan fingerprint density at radius 1 is 1.20 bits per heavy atom. The van der Waals surface area contributed by atoms with Crippen molar-refractivity contribution in [3.05, 3.63) is 59.2 Å². The Balaban J connectivity index is 1.59. The van der Waals surface area contributed by atoms with Crippen LogP contribution in [0.1, 0.15) is 54.6 Å². The van der Waals surface area contributed by atoms with Crippen molar-refractivity contribution in [2.45, 2.75) is 40.0 Å². The highest BCUT2D eigenvalue weighted by atomic mass is 16.5. The van der Waals surface area contributed by atoms with E-state index in [1.165, 1.54) is 0 Å². The molecule has 0 radical (unpaired) electrons. The smallest absolute Gasteiger partial charge is 0.251 e. The first-order chi connectivity index (χ1) is 14.3. The average molecular weight is 408 g/mol. The summed E-state index contributed by atoms with van der Waals surface area (Å²) in [5.74, 6) is 0.103. The fraction of sp³-hybridized carbons (Fsp3) is 0.375. The van der Waals surface area contributed by atoms with E-state index in [4.69, 9.17) is 4.74 Å². The average Bonchev–Trinajstić information content (AvgIpc) is 2.96. The third-order valence-corrected chi connectivity index (χ3v) is 5.17. The first-order valence-corrected chi connectivity index (χ1v) is 10.3. The summed E-state index contributed by atoms with van der Waals surface area (Å²) in [5, 5.41) is 2.83. The van der Waals surface area contributed by atoms with Crippen LogP contribution in [-0.4, -0.2) is 30.9 Å².